The molecule has 1 heterocycles. The Labute approximate surface area is 135 Å². The van der Waals surface area contributed by atoms with Crippen LogP contribution in [-0.4, -0.2) is 32.6 Å². The molecule has 0 unspecified atom stereocenters. The number of methoxy groups -OCH3 is 1. The number of ether oxygens (including phenoxy) is 1. The van der Waals surface area contributed by atoms with Crippen LogP contribution in [0.4, 0.5) is 17.2 Å². The molecule has 0 aliphatic heterocycles. The van der Waals surface area contributed by atoms with Gasteiger partial charge in [0.2, 0.25) is 5.91 Å². The van der Waals surface area contributed by atoms with Gasteiger partial charge in [-0.05, 0) is 4.92 Å². The molecule has 0 radical (unpaired) electrons. The van der Waals surface area contributed by atoms with Gasteiger partial charge in [-0.25, -0.2) is 0 Å². The lowest BCUT2D eigenvalue weighted by molar-refractivity contribution is -0.389. The first-order valence-electron chi connectivity index (χ1n) is 6.70. The third-order valence-electron chi connectivity index (χ3n) is 3.00. The van der Waals surface area contributed by atoms with Crippen LogP contribution in [0.15, 0.2) is 30.5 Å². The maximum absolute atomic E-state index is 11.9. The van der Waals surface area contributed by atoms with Gasteiger partial charge in [0.15, 0.2) is 0 Å². The van der Waals surface area contributed by atoms with E-state index in [2.05, 4.69) is 10.4 Å². The second-order valence-corrected chi connectivity index (χ2v) is 4.67. The van der Waals surface area contributed by atoms with Gasteiger partial charge >= 0.3 is 5.82 Å². The summed E-state index contributed by atoms with van der Waals surface area (Å²) in [5.74, 6) is -0.489. The molecule has 0 aliphatic carbocycles. The third kappa shape index (κ3) is 4.25. The van der Waals surface area contributed by atoms with E-state index in [1.54, 1.807) is 0 Å². The number of amides is 1. The molecule has 0 spiro atoms. The zero-order valence-electron chi connectivity index (χ0n) is 12.5. The minimum Gasteiger partial charge on any atom is -0.496 e. The van der Waals surface area contributed by atoms with Crippen LogP contribution in [-0.2, 0) is 11.3 Å². The van der Waals surface area contributed by atoms with Crippen molar-refractivity contribution >= 4 is 23.1 Å². The van der Waals surface area contributed by atoms with Crippen molar-refractivity contribution < 1.29 is 19.4 Å². The van der Waals surface area contributed by atoms with Crippen molar-refractivity contribution in [2.24, 2.45) is 0 Å². The average Bonchev–Trinajstić information content (AvgIpc) is 3.01. The normalized spacial score (nSPS) is 10.2. The highest BCUT2D eigenvalue weighted by atomic mass is 16.6. The Bertz CT molecular complexity index is 787. The largest absolute Gasteiger partial charge is 0.496 e. The first kappa shape index (κ1) is 16.9. The number of rotatable bonds is 7. The van der Waals surface area contributed by atoms with Gasteiger partial charge < -0.3 is 20.2 Å². The predicted octanol–water partition coefficient (Wildman–Crippen LogP) is 1.74. The van der Waals surface area contributed by atoms with Crippen LogP contribution in [0, 0.1) is 20.2 Å². The van der Waals surface area contributed by atoms with Crippen molar-refractivity contribution in [1.82, 2.24) is 9.78 Å². The SMILES string of the molecule is COc1cc(NC(=O)CCn2ccc([N+](=O)[O-])n2)cc([N+](=O)[O-])c1. The summed E-state index contributed by atoms with van der Waals surface area (Å²) in [6.45, 7) is 0.131. The molecular weight excluding hydrogens is 322 g/mol. The van der Waals surface area contributed by atoms with Crippen molar-refractivity contribution in [2.75, 3.05) is 12.4 Å². The van der Waals surface area contributed by atoms with Gasteiger partial charge in [0.25, 0.3) is 5.69 Å². The molecule has 1 aromatic heterocycles. The minimum absolute atomic E-state index is 0.0101. The summed E-state index contributed by atoms with van der Waals surface area (Å²) < 4.78 is 6.22. The van der Waals surface area contributed by atoms with Crippen molar-refractivity contribution in [3.05, 3.63) is 50.7 Å². The molecule has 11 nitrogen and oxygen atoms in total. The molecule has 126 valence electrons. The van der Waals surface area contributed by atoms with Gasteiger partial charge in [-0.2, -0.15) is 4.68 Å². The molecule has 2 rings (SSSR count). The van der Waals surface area contributed by atoms with Crippen molar-refractivity contribution in [2.45, 2.75) is 13.0 Å². The molecule has 24 heavy (non-hydrogen) atoms. The first-order chi connectivity index (χ1) is 11.4. The van der Waals surface area contributed by atoms with Crippen molar-refractivity contribution in [1.29, 1.82) is 0 Å². The lowest BCUT2D eigenvalue weighted by Gasteiger charge is -2.07. The number of hydrogen-bond donors (Lipinski definition) is 1. The molecule has 0 fully saturated rings. The van der Waals surface area contributed by atoms with Crippen LogP contribution < -0.4 is 10.1 Å². The van der Waals surface area contributed by atoms with Gasteiger partial charge in [-0.3, -0.25) is 14.9 Å². The van der Waals surface area contributed by atoms with Crippen molar-refractivity contribution in [3.8, 4) is 5.75 Å². The van der Waals surface area contributed by atoms with Crippen LogP contribution in [0.3, 0.4) is 0 Å². The number of aromatic nitrogens is 2. The number of carbonyl (C=O) groups excluding carboxylic acids is 1. The Kier molecular flexibility index (Phi) is 5.04. The summed E-state index contributed by atoms with van der Waals surface area (Å²) in [5.41, 5.74) is 0.00449. The highest BCUT2D eigenvalue weighted by Crippen LogP contribution is 2.25. The number of hydrogen-bond acceptors (Lipinski definition) is 7. The number of carbonyl (C=O) groups is 1. The maximum atomic E-state index is 11.9. The average molecular weight is 335 g/mol. The molecule has 0 atom stereocenters. The van der Waals surface area contributed by atoms with Gasteiger partial charge in [-0.1, -0.05) is 0 Å². The quantitative estimate of drug-likeness (QED) is 0.599. The predicted molar refractivity (Wildman–Crippen MR) is 81.8 cm³/mol. The van der Waals surface area contributed by atoms with E-state index in [0.29, 0.717) is 0 Å². The standard InChI is InChI=1S/C13H13N5O6/c1-24-11-7-9(6-10(8-11)17(20)21)14-13(19)3-5-16-4-2-12(15-16)18(22)23/h2,4,6-8H,3,5H2,1H3,(H,14,19). The number of anilines is 1. The summed E-state index contributed by atoms with van der Waals surface area (Å²) >= 11 is 0. The molecule has 11 heteroatoms. The fourth-order valence-electron chi connectivity index (χ4n) is 1.89. The van der Waals surface area contributed by atoms with Gasteiger partial charge in [0.05, 0.1) is 47.7 Å². The minimum atomic E-state index is -0.633. The number of nitrogens with one attached hydrogen (secondary N) is 1. The lowest BCUT2D eigenvalue weighted by Crippen LogP contribution is -2.15. The van der Waals surface area contributed by atoms with Crippen LogP contribution >= 0.6 is 0 Å². The van der Waals surface area contributed by atoms with E-state index in [1.807, 2.05) is 0 Å². The Morgan fingerprint density at radius 3 is 2.62 bits per heavy atom. The number of nitro groups is 2. The van der Waals surface area contributed by atoms with E-state index in [0.717, 1.165) is 0 Å². The fraction of sp³-hybridized carbons (Fsp3) is 0.231. The molecule has 1 aromatic carbocycles. The number of nitrogens with zero attached hydrogens (tertiary/aromatic N) is 4. The Morgan fingerprint density at radius 1 is 1.29 bits per heavy atom. The van der Waals surface area contributed by atoms with Crippen LogP contribution in [0.25, 0.3) is 0 Å². The summed E-state index contributed by atoms with van der Waals surface area (Å²) in [4.78, 5) is 32.1. The zero-order valence-corrected chi connectivity index (χ0v) is 12.5. The maximum Gasteiger partial charge on any atom is 0.389 e. The van der Waals surface area contributed by atoms with E-state index in [-0.39, 0.29) is 35.9 Å². The number of nitro benzene ring substituents is 1. The first-order valence-corrected chi connectivity index (χ1v) is 6.70. The molecule has 0 aliphatic rings. The van der Waals surface area contributed by atoms with E-state index in [4.69, 9.17) is 4.74 Å². The third-order valence-corrected chi connectivity index (χ3v) is 3.00. The molecular formula is C13H13N5O6. The molecule has 0 saturated carbocycles. The monoisotopic (exact) mass is 335 g/mol. The second-order valence-electron chi connectivity index (χ2n) is 4.67. The Balaban J connectivity index is 1.99. The van der Waals surface area contributed by atoms with E-state index in [9.17, 15) is 25.0 Å². The van der Waals surface area contributed by atoms with Gasteiger partial charge in [-0.15, -0.1) is 0 Å². The fourth-order valence-corrected chi connectivity index (χ4v) is 1.89. The van der Waals surface area contributed by atoms with Gasteiger partial charge in [0, 0.05) is 18.6 Å². The van der Waals surface area contributed by atoms with Crippen LogP contribution in [0.1, 0.15) is 6.42 Å². The molecule has 2 aromatic rings. The molecule has 1 amide bonds. The van der Waals surface area contributed by atoms with Crippen molar-refractivity contribution in [3.63, 3.8) is 0 Å². The second kappa shape index (κ2) is 7.17. The zero-order chi connectivity index (χ0) is 17.7. The number of non-ortho nitro benzene ring substituents is 1. The smallest absolute Gasteiger partial charge is 0.389 e. The highest BCUT2D eigenvalue weighted by molar-refractivity contribution is 5.91. The molecule has 0 saturated heterocycles. The van der Waals surface area contributed by atoms with E-state index in [1.165, 1.54) is 42.3 Å². The van der Waals surface area contributed by atoms with Crippen LogP contribution in [0.5, 0.6) is 5.75 Å². The Morgan fingerprint density at radius 2 is 2.04 bits per heavy atom. The van der Waals surface area contributed by atoms with Gasteiger partial charge in [0.1, 0.15) is 5.75 Å². The van der Waals surface area contributed by atoms with E-state index >= 15 is 0 Å². The topological polar surface area (TPSA) is 142 Å². The summed E-state index contributed by atoms with van der Waals surface area (Å²) in [6.07, 6.45) is 1.38. The molecule has 0 bridgehead atoms. The number of benzene rings is 1. The summed E-state index contributed by atoms with van der Waals surface area (Å²) in [7, 11) is 1.36. The molecule has 1 N–H and O–H groups in total. The lowest BCUT2D eigenvalue weighted by atomic mass is 10.2. The summed E-state index contributed by atoms with van der Waals surface area (Å²) in [6, 6.07) is 5.12. The Hall–Kier alpha value is -3.50. The van der Waals surface area contributed by atoms with Crippen LogP contribution in [0.2, 0.25) is 0 Å². The summed E-state index contributed by atoms with van der Waals surface area (Å²) in [5, 5.41) is 27.6. The van der Waals surface area contributed by atoms with E-state index < -0.39 is 15.8 Å². The highest BCUT2D eigenvalue weighted by Gasteiger charge is 2.14. The number of aryl methyl sites for hydroxylation is 1.